The SMILES string of the molecule is O=C([C@H](c1ccccc1)n1cnnn1)N1CCCC2=C[C@H]3C[C@H](CN4CCCC[C@@H]34)[C@@H]21. The van der Waals surface area contributed by atoms with Crippen molar-refractivity contribution in [2.75, 3.05) is 19.6 Å². The second kappa shape index (κ2) is 7.86. The van der Waals surface area contributed by atoms with Crippen LogP contribution in [0, 0.1) is 11.8 Å². The van der Waals surface area contributed by atoms with E-state index in [4.69, 9.17) is 0 Å². The molecule has 1 aliphatic carbocycles. The normalized spacial score (nSPS) is 31.4. The van der Waals surface area contributed by atoms with Gasteiger partial charge in [0.05, 0.1) is 6.04 Å². The third kappa shape index (κ3) is 3.30. The van der Waals surface area contributed by atoms with Gasteiger partial charge in [0.25, 0.3) is 5.91 Å². The van der Waals surface area contributed by atoms with E-state index < -0.39 is 6.04 Å². The van der Waals surface area contributed by atoms with Gasteiger partial charge in [-0.3, -0.25) is 9.69 Å². The van der Waals surface area contributed by atoms with Gasteiger partial charge in [-0.05, 0) is 66.5 Å². The van der Waals surface area contributed by atoms with E-state index in [9.17, 15) is 4.79 Å². The first-order valence-corrected chi connectivity index (χ1v) is 11.8. The summed E-state index contributed by atoms with van der Waals surface area (Å²) in [5, 5.41) is 11.7. The average molecular weight is 419 g/mol. The number of hydrogen-bond donors (Lipinski definition) is 0. The zero-order valence-electron chi connectivity index (χ0n) is 17.9. The summed E-state index contributed by atoms with van der Waals surface area (Å²) in [7, 11) is 0. The Labute approximate surface area is 183 Å². The molecule has 2 aromatic rings. The van der Waals surface area contributed by atoms with Crippen molar-refractivity contribution in [2.45, 2.75) is 56.7 Å². The van der Waals surface area contributed by atoms with Gasteiger partial charge in [0.15, 0.2) is 6.04 Å². The summed E-state index contributed by atoms with van der Waals surface area (Å²) in [5.41, 5.74) is 2.44. The maximum absolute atomic E-state index is 14.1. The molecule has 0 unspecified atom stereocenters. The minimum atomic E-state index is -0.514. The van der Waals surface area contributed by atoms with Crippen LogP contribution in [0.1, 0.15) is 50.1 Å². The maximum Gasteiger partial charge on any atom is 0.252 e. The first kappa shape index (κ1) is 19.2. The van der Waals surface area contributed by atoms with Gasteiger partial charge in [-0.25, -0.2) is 4.68 Å². The highest BCUT2D eigenvalue weighted by molar-refractivity contribution is 5.84. The van der Waals surface area contributed by atoms with E-state index in [0.717, 1.165) is 37.5 Å². The summed E-state index contributed by atoms with van der Waals surface area (Å²) in [6.45, 7) is 3.17. The van der Waals surface area contributed by atoms with Crippen molar-refractivity contribution in [1.29, 1.82) is 0 Å². The molecule has 5 atom stereocenters. The number of nitrogens with zero attached hydrogens (tertiary/aromatic N) is 6. The van der Waals surface area contributed by atoms with E-state index in [-0.39, 0.29) is 11.9 Å². The number of carbonyl (C=O) groups excluding carboxylic acids is 1. The third-order valence-electron chi connectivity index (χ3n) is 7.92. The number of tetrazole rings is 1. The van der Waals surface area contributed by atoms with Crippen LogP contribution in [0.3, 0.4) is 0 Å². The monoisotopic (exact) mass is 418 g/mol. The molecule has 3 saturated heterocycles. The van der Waals surface area contributed by atoms with Crippen LogP contribution < -0.4 is 0 Å². The standard InChI is InChI=1S/C24H30N6O/c31-24(23(30-16-25-26-27-30)17-7-2-1-3-8-17)29-12-6-9-18-13-19-14-20(22(18)29)15-28-11-5-4-10-21(19)28/h1-3,7-8,13,16,19-23H,4-6,9-12,14-15H2/t19-,20+,21-,22+,23-/m0/s1. The Balaban J connectivity index is 1.35. The van der Waals surface area contributed by atoms with Gasteiger partial charge in [-0.15, -0.1) is 5.10 Å². The number of likely N-dealkylation sites (tertiary alicyclic amines) is 1. The van der Waals surface area contributed by atoms with Crippen LogP contribution in [0.4, 0.5) is 0 Å². The number of carbonyl (C=O) groups is 1. The first-order valence-electron chi connectivity index (χ1n) is 11.8. The molecular weight excluding hydrogens is 388 g/mol. The minimum absolute atomic E-state index is 0.119. The van der Waals surface area contributed by atoms with Crippen LogP contribution in [0.5, 0.6) is 0 Å². The van der Waals surface area contributed by atoms with Crippen LogP contribution >= 0.6 is 0 Å². The van der Waals surface area contributed by atoms with Gasteiger partial charge >= 0.3 is 0 Å². The van der Waals surface area contributed by atoms with Crippen molar-refractivity contribution in [3.05, 3.63) is 53.9 Å². The highest BCUT2D eigenvalue weighted by atomic mass is 16.2. The van der Waals surface area contributed by atoms with E-state index in [0.29, 0.717) is 11.8 Å². The number of aromatic nitrogens is 4. The lowest BCUT2D eigenvalue weighted by Crippen LogP contribution is -2.60. The molecule has 1 amide bonds. The number of rotatable bonds is 3. The number of amides is 1. The largest absolute Gasteiger partial charge is 0.333 e. The van der Waals surface area contributed by atoms with Crippen molar-refractivity contribution in [3.8, 4) is 0 Å². The molecule has 0 radical (unpaired) electrons. The average Bonchev–Trinajstić information content (AvgIpc) is 3.34. The van der Waals surface area contributed by atoms with Crippen molar-refractivity contribution in [1.82, 2.24) is 30.0 Å². The highest BCUT2D eigenvalue weighted by Crippen LogP contribution is 2.45. The Morgan fingerprint density at radius 2 is 2.00 bits per heavy atom. The molecule has 1 aromatic heterocycles. The molecule has 0 N–H and O–H groups in total. The number of piperidine rings is 3. The van der Waals surface area contributed by atoms with Crippen LogP contribution in [0.2, 0.25) is 0 Å². The summed E-state index contributed by atoms with van der Waals surface area (Å²) >= 11 is 0. The molecular formula is C24H30N6O. The van der Waals surface area contributed by atoms with Crippen molar-refractivity contribution >= 4 is 5.91 Å². The zero-order valence-corrected chi connectivity index (χ0v) is 17.9. The quantitative estimate of drug-likeness (QED) is 0.717. The van der Waals surface area contributed by atoms with Crippen LogP contribution in [-0.4, -0.2) is 67.6 Å². The van der Waals surface area contributed by atoms with E-state index >= 15 is 0 Å². The minimum Gasteiger partial charge on any atom is -0.333 e. The fraction of sp³-hybridized carbons (Fsp3) is 0.583. The molecule has 162 valence electrons. The molecule has 0 spiro atoms. The first-order chi connectivity index (χ1) is 15.3. The summed E-state index contributed by atoms with van der Waals surface area (Å²) in [4.78, 5) is 19.0. The number of hydrogen-bond acceptors (Lipinski definition) is 5. The fourth-order valence-corrected chi connectivity index (χ4v) is 6.71. The molecule has 3 aliphatic heterocycles. The maximum atomic E-state index is 14.1. The van der Waals surface area contributed by atoms with E-state index in [1.807, 2.05) is 30.3 Å². The van der Waals surface area contributed by atoms with E-state index in [1.165, 1.54) is 37.8 Å². The fourth-order valence-electron chi connectivity index (χ4n) is 6.71. The Bertz CT molecular complexity index is 958. The van der Waals surface area contributed by atoms with Gasteiger partial charge in [0, 0.05) is 19.1 Å². The van der Waals surface area contributed by atoms with E-state index in [2.05, 4.69) is 31.4 Å². The predicted molar refractivity (Wildman–Crippen MR) is 116 cm³/mol. The highest BCUT2D eigenvalue weighted by Gasteiger charge is 2.48. The molecule has 7 nitrogen and oxygen atoms in total. The van der Waals surface area contributed by atoms with Crippen molar-refractivity contribution in [2.24, 2.45) is 11.8 Å². The second-order valence-electron chi connectivity index (χ2n) is 9.64. The molecule has 3 fully saturated rings. The summed E-state index contributed by atoms with van der Waals surface area (Å²) in [5.74, 6) is 1.33. The topological polar surface area (TPSA) is 67.2 Å². The Kier molecular flexibility index (Phi) is 4.86. The van der Waals surface area contributed by atoms with Gasteiger partial charge in [0.1, 0.15) is 6.33 Å². The Hall–Kier alpha value is -2.54. The lowest BCUT2D eigenvalue weighted by molar-refractivity contribution is -0.139. The third-order valence-corrected chi connectivity index (χ3v) is 7.92. The second-order valence-corrected chi connectivity index (χ2v) is 9.64. The summed E-state index contributed by atoms with van der Waals surface area (Å²) < 4.78 is 1.61. The molecule has 2 bridgehead atoms. The van der Waals surface area contributed by atoms with Crippen molar-refractivity contribution in [3.63, 3.8) is 0 Å². The number of fused-ring (bicyclic) bond motifs is 6. The van der Waals surface area contributed by atoms with Crippen LogP contribution in [0.15, 0.2) is 48.3 Å². The van der Waals surface area contributed by atoms with Crippen LogP contribution in [0.25, 0.3) is 0 Å². The van der Waals surface area contributed by atoms with Crippen LogP contribution in [-0.2, 0) is 4.79 Å². The molecule has 31 heavy (non-hydrogen) atoms. The van der Waals surface area contributed by atoms with E-state index in [1.54, 1.807) is 11.0 Å². The molecule has 0 saturated carbocycles. The lowest BCUT2D eigenvalue weighted by Gasteiger charge is -2.55. The Morgan fingerprint density at radius 3 is 2.84 bits per heavy atom. The Morgan fingerprint density at radius 1 is 1.10 bits per heavy atom. The van der Waals surface area contributed by atoms with Crippen molar-refractivity contribution < 1.29 is 4.79 Å². The van der Waals surface area contributed by atoms with Gasteiger partial charge in [-0.2, -0.15) is 0 Å². The number of benzene rings is 1. The zero-order chi connectivity index (χ0) is 20.8. The lowest BCUT2D eigenvalue weighted by atomic mass is 9.68. The smallest absolute Gasteiger partial charge is 0.252 e. The molecule has 4 heterocycles. The molecule has 4 aliphatic rings. The van der Waals surface area contributed by atoms with Gasteiger partial charge in [-0.1, -0.05) is 48.4 Å². The predicted octanol–water partition coefficient (Wildman–Crippen LogP) is 2.68. The van der Waals surface area contributed by atoms with Gasteiger partial charge < -0.3 is 4.90 Å². The molecule has 7 heteroatoms. The molecule has 1 aromatic carbocycles. The molecule has 6 rings (SSSR count). The van der Waals surface area contributed by atoms with Gasteiger partial charge in [0.2, 0.25) is 0 Å². The summed E-state index contributed by atoms with van der Waals surface area (Å²) in [6, 6.07) is 10.4. The summed E-state index contributed by atoms with van der Waals surface area (Å²) in [6.07, 6.45) is 11.5.